The van der Waals surface area contributed by atoms with Crippen LogP contribution in [-0.4, -0.2) is 44.2 Å². The van der Waals surface area contributed by atoms with Gasteiger partial charge in [0.1, 0.15) is 11.5 Å². The maximum Gasteiger partial charge on any atom is 0.227 e. The number of fused-ring (bicyclic) bond motifs is 3. The molecule has 0 spiro atoms. The predicted molar refractivity (Wildman–Crippen MR) is 91.7 cm³/mol. The second-order valence-corrected chi connectivity index (χ2v) is 6.30. The highest BCUT2D eigenvalue weighted by Crippen LogP contribution is 2.35. The first-order chi connectivity index (χ1) is 12.3. The molecule has 126 valence electrons. The van der Waals surface area contributed by atoms with Crippen molar-refractivity contribution in [1.29, 1.82) is 0 Å². The van der Waals surface area contributed by atoms with Crippen molar-refractivity contribution in [3.63, 3.8) is 0 Å². The highest BCUT2D eigenvalue weighted by Gasteiger charge is 2.41. The van der Waals surface area contributed by atoms with Crippen molar-refractivity contribution in [2.75, 3.05) is 23.7 Å². The third-order valence-corrected chi connectivity index (χ3v) is 4.77. The normalized spacial score (nSPS) is 21.8. The van der Waals surface area contributed by atoms with Gasteiger partial charge in [0.2, 0.25) is 5.95 Å². The molecule has 1 aromatic carbocycles. The van der Waals surface area contributed by atoms with Gasteiger partial charge in [0.05, 0.1) is 24.4 Å². The molecule has 2 aliphatic heterocycles. The first-order valence-corrected chi connectivity index (χ1v) is 8.24. The van der Waals surface area contributed by atoms with Gasteiger partial charge in [-0.25, -0.2) is 9.67 Å². The summed E-state index contributed by atoms with van der Waals surface area (Å²) in [7, 11) is 0. The van der Waals surface area contributed by atoms with Crippen LogP contribution in [0.3, 0.4) is 0 Å². The van der Waals surface area contributed by atoms with E-state index in [-0.39, 0.29) is 12.1 Å². The third-order valence-electron chi connectivity index (χ3n) is 4.77. The van der Waals surface area contributed by atoms with Crippen LogP contribution in [0.5, 0.6) is 0 Å². The zero-order valence-electron chi connectivity index (χ0n) is 13.5. The van der Waals surface area contributed by atoms with Gasteiger partial charge in [0.15, 0.2) is 0 Å². The zero-order valence-corrected chi connectivity index (χ0v) is 13.5. The molecule has 3 aromatic rings. The molecule has 4 heterocycles. The minimum atomic E-state index is 0.0443. The molecule has 2 aromatic heterocycles. The van der Waals surface area contributed by atoms with Crippen molar-refractivity contribution in [3.05, 3.63) is 48.3 Å². The van der Waals surface area contributed by atoms with Crippen LogP contribution in [0, 0.1) is 0 Å². The standard InChI is InChI=1S/C17H17N7O/c18-15-6-7-19-17(20-15)23-8-12-14(9-23)25-10-13-16(21-22-24(12)13)11-4-2-1-3-5-11/h1-7,12,14H,8-10H2,(H2,18,19,20)/t12-,14?/m1/s1. The molecule has 1 fully saturated rings. The number of benzene rings is 1. The highest BCUT2D eigenvalue weighted by atomic mass is 16.5. The van der Waals surface area contributed by atoms with Crippen molar-refractivity contribution in [2.24, 2.45) is 0 Å². The summed E-state index contributed by atoms with van der Waals surface area (Å²) in [5.41, 5.74) is 8.74. The molecule has 1 unspecified atom stereocenters. The summed E-state index contributed by atoms with van der Waals surface area (Å²) in [6.45, 7) is 1.94. The lowest BCUT2D eigenvalue weighted by Crippen LogP contribution is -2.32. The van der Waals surface area contributed by atoms with Gasteiger partial charge in [-0.3, -0.25) is 0 Å². The number of nitrogens with two attached hydrogens (primary N) is 1. The van der Waals surface area contributed by atoms with E-state index >= 15 is 0 Å². The van der Waals surface area contributed by atoms with E-state index in [4.69, 9.17) is 10.5 Å². The number of nitrogen functional groups attached to an aromatic ring is 1. The van der Waals surface area contributed by atoms with E-state index in [9.17, 15) is 0 Å². The molecule has 5 rings (SSSR count). The summed E-state index contributed by atoms with van der Waals surface area (Å²) >= 11 is 0. The average Bonchev–Trinajstić information content (AvgIpc) is 3.26. The van der Waals surface area contributed by atoms with Gasteiger partial charge in [-0.15, -0.1) is 5.10 Å². The van der Waals surface area contributed by atoms with Crippen LogP contribution < -0.4 is 10.6 Å². The van der Waals surface area contributed by atoms with Crippen molar-refractivity contribution in [2.45, 2.75) is 18.8 Å². The van der Waals surface area contributed by atoms with E-state index in [1.807, 2.05) is 35.0 Å². The molecule has 1 saturated heterocycles. The van der Waals surface area contributed by atoms with E-state index in [1.54, 1.807) is 12.3 Å². The number of aromatic nitrogens is 5. The van der Waals surface area contributed by atoms with Crippen molar-refractivity contribution < 1.29 is 4.74 Å². The summed E-state index contributed by atoms with van der Waals surface area (Å²) in [6.07, 6.45) is 1.72. The van der Waals surface area contributed by atoms with E-state index in [2.05, 4.69) is 25.2 Å². The van der Waals surface area contributed by atoms with Gasteiger partial charge in [-0.05, 0) is 6.07 Å². The summed E-state index contributed by atoms with van der Waals surface area (Å²) in [4.78, 5) is 10.7. The lowest BCUT2D eigenvalue weighted by atomic mass is 10.1. The zero-order chi connectivity index (χ0) is 16.8. The van der Waals surface area contributed by atoms with Crippen LogP contribution in [0.15, 0.2) is 42.6 Å². The Morgan fingerprint density at radius 2 is 2.00 bits per heavy atom. The summed E-state index contributed by atoms with van der Waals surface area (Å²) in [6, 6.07) is 11.9. The van der Waals surface area contributed by atoms with Crippen LogP contribution >= 0.6 is 0 Å². The van der Waals surface area contributed by atoms with Gasteiger partial charge < -0.3 is 15.4 Å². The molecule has 2 aliphatic rings. The first kappa shape index (κ1) is 14.4. The fourth-order valence-electron chi connectivity index (χ4n) is 3.55. The van der Waals surface area contributed by atoms with E-state index in [1.165, 1.54) is 0 Å². The SMILES string of the molecule is Nc1ccnc(N2CC3OCc4c(-c5ccccc5)nnn4[C@@H]3C2)n1. The Kier molecular flexibility index (Phi) is 3.17. The molecule has 25 heavy (non-hydrogen) atoms. The summed E-state index contributed by atoms with van der Waals surface area (Å²) < 4.78 is 8.10. The molecule has 0 radical (unpaired) electrons. The number of nitrogens with zero attached hydrogens (tertiary/aromatic N) is 6. The number of ether oxygens (including phenoxy) is 1. The Balaban J connectivity index is 1.47. The van der Waals surface area contributed by atoms with Gasteiger partial charge in [0.25, 0.3) is 0 Å². The summed E-state index contributed by atoms with van der Waals surface area (Å²) in [5.74, 6) is 1.09. The molecular weight excluding hydrogens is 318 g/mol. The van der Waals surface area contributed by atoms with Gasteiger partial charge >= 0.3 is 0 Å². The second kappa shape index (κ2) is 5.52. The lowest BCUT2D eigenvalue weighted by molar-refractivity contribution is -0.00227. The van der Waals surface area contributed by atoms with Crippen LogP contribution in [0.1, 0.15) is 11.7 Å². The number of rotatable bonds is 2. The monoisotopic (exact) mass is 335 g/mol. The Labute approximate surface area is 144 Å². The number of hydrogen-bond donors (Lipinski definition) is 1. The molecule has 0 saturated carbocycles. The summed E-state index contributed by atoms with van der Waals surface area (Å²) in [5, 5.41) is 8.82. The van der Waals surface area contributed by atoms with E-state index in [0.29, 0.717) is 24.9 Å². The molecule has 0 bridgehead atoms. The molecule has 2 N–H and O–H groups in total. The van der Waals surface area contributed by atoms with Crippen LogP contribution in [0.2, 0.25) is 0 Å². The topological polar surface area (TPSA) is 95.0 Å². The number of hydrogen-bond acceptors (Lipinski definition) is 7. The quantitative estimate of drug-likeness (QED) is 0.753. The smallest absolute Gasteiger partial charge is 0.227 e. The van der Waals surface area contributed by atoms with Crippen molar-refractivity contribution >= 4 is 11.8 Å². The van der Waals surface area contributed by atoms with Crippen LogP contribution in [-0.2, 0) is 11.3 Å². The highest BCUT2D eigenvalue weighted by molar-refractivity contribution is 5.61. The molecule has 2 atom stereocenters. The maximum atomic E-state index is 6.10. The largest absolute Gasteiger partial charge is 0.384 e. The van der Waals surface area contributed by atoms with Gasteiger partial charge in [-0.2, -0.15) is 4.98 Å². The first-order valence-electron chi connectivity index (χ1n) is 8.24. The average molecular weight is 335 g/mol. The fourth-order valence-corrected chi connectivity index (χ4v) is 3.55. The Bertz CT molecular complexity index is 910. The maximum absolute atomic E-state index is 6.10. The Morgan fingerprint density at radius 3 is 2.84 bits per heavy atom. The minimum Gasteiger partial charge on any atom is -0.384 e. The van der Waals surface area contributed by atoms with E-state index < -0.39 is 0 Å². The van der Waals surface area contributed by atoms with Crippen LogP contribution in [0.4, 0.5) is 11.8 Å². The Morgan fingerprint density at radius 1 is 1.12 bits per heavy atom. The number of anilines is 2. The minimum absolute atomic E-state index is 0.0443. The predicted octanol–water partition coefficient (Wildman–Crippen LogP) is 1.28. The third kappa shape index (κ3) is 2.33. The molecular formula is C17H17N7O. The van der Waals surface area contributed by atoms with Gasteiger partial charge in [-0.1, -0.05) is 35.5 Å². The van der Waals surface area contributed by atoms with E-state index in [0.717, 1.165) is 23.5 Å². The van der Waals surface area contributed by atoms with Crippen LogP contribution in [0.25, 0.3) is 11.3 Å². The fraction of sp³-hybridized carbons (Fsp3) is 0.294. The van der Waals surface area contributed by atoms with Gasteiger partial charge in [0, 0.05) is 24.8 Å². The van der Waals surface area contributed by atoms with Crippen molar-refractivity contribution in [3.8, 4) is 11.3 Å². The molecule has 8 heteroatoms. The van der Waals surface area contributed by atoms with Crippen molar-refractivity contribution in [1.82, 2.24) is 25.0 Å². The Hall–Kier alpha value is -3.00. The molecule has 8 nitrogen and oxygen atoms in total. The lowest BCUT2D eigenvalue weighted by Gasteiger charge is -2.26. The second-order valence-electron chi connectivity index (χ2n) is 6.30. The molecule has 0 amide bonds. The molecule has 0 aliphatic carbocycles.